The topological polar surface area (TPSA) is 67.0 Å². The fraction of sp³-hybridized carbons (Fsp3) is 0.231. The van der Waals surface area contributed by atoms with E-state index in [1.165, 1.54) is 7.11 Å². The predicted octanol–water partition coefficient (Wildman–Crippen LogP) is 2.77. The molecule has 0 aliphatic rings. The molecule has 2 aromatic heterocycles. The second-order valence-corrected chi connectivity index (χ2v) is 4.43. The zero-order valence-corrected chi connectivity index (χ0v) is 11.4. The van der Waals surface area contributed by atoms with Crippen molar-refractivity contribution in [3.05, 3.63) is 46.5 Å². The van der Waals surface area contributed by atoms with E-state index in [-0.39, 0.29) is 5.97 Å². The van der Waals surface area contributed by atoms with E-state index < -0.39 is 0 Å². The highest BCUT2D eigenvalue weighted by Crippen LogP contribution is 2.16. The molecule has 0 aliphatic heterocycles. The Kier molecular flexibility index (Phi) is 4.06. The maximum Gasteiger partial charge on any atom is 0.354 e. The molecule has 0 bridgehead atoms. The molecule has 0 fully saturated rings. The largest absolute Gasteiger partial charge is 0.464 e. The van der Waals surface area contributed by atoms with E-state index in [0.717, 1.165) is 16.9 Å². The lowest BCUT2D eigenvalue weighted by atomic mass is 10.3. The molecule has 0 aromatic carbocycles. The third-order valence-corrected chi connectivity index (χ3v) is 3.04. The van der Waals surface area contributed by atoms with Gasteiger partial charge in [0, 0.05) is 5.69 Å². The number of rotatable bonds is 4. The van der Waals surface area contributed by atoms with E-state index in [9.17, 15) is 4.79 Å². The molecule has 19 heavy (non-hydrogen) atoms. The Balaban J connectivity index is 2.00. The van der Waals surface area contributed by atoms with Gasteiger partial charge in [-0.1, -0.05) is 11.6 Å². The van der Waals surface area contributed by atoms with Crippen LogP contribution < -0.4 is 5.32 Å². The van der Waals surface area contributed by atoms with Gasteiger partial charge in [-0.25, -0.2) is 9.78 Å². The molecule has 0 spiro atoms. The summed E-state index contributed by atoms with van der Waals surface area (Å²) in [6, 6.07) is 5.43. The molecule has 5 nitrogen and oxygen atoms in total. The van der Waals surface area contributed by atoms with Gasteiger partial charge >= 0.3 is 5.97 Å². The summed E-state index contributed by atoms with van der Waals surface area (Å²) in [5, 5.41) is 3.69. The number of aromatic nitrogens is 2. The summed E-state index contributed by atoms with van der Waals surface area (Å²) in [5.74, 6) is -0.379. The summed E-state index contributed by atoms with van der Waals surface area (Å²) in [6.07, 6.45) is 1.67. The van der Waals surface area contributed by atoms with Crippen LogP contribution in [0.1, 0.15) is 21.7 Å². The first-order chi connectivity index (χ1) is 9.10. The van der Waals surface area contributed by atoms with Gasteiger partial charge in [-0.2, -0.15) is 0 Å². The summed E-state index contributed by atoms with van der Waals surface area (Å²) in [5.41, 5.74) is 3.10. The third kappa shape index (κ3) is 3.26. The lowest BCUT2D eigenvalue weighted by Crippen LogP contribution is -2.04. The SMILES string of the molecule is COC(=O)c1ccc(CNc2cnc(Cl)c(C)c2)[nH]1. The number of hydrogen-bond donors (Lipinski definition) is 2. The van der Waals surface area contributed by atoms with Crippen LogP contribution in [0.3, 0.4) is 0 Å². The molecule has 0 unspecified atom stereocenters. The molecule has 0 saturated carbocycles. The highest BCUT2D eigenvalue weighted by molar-refractivity contribution is 6.30. The molecule has 0 amide bonds. The monoisotopic (exact) mass is 279 g/mol. The number of nitrogens with one attached hydrogen (secondary N) is 2. The zero-order chi connectivity index (χ0) is 13.8. The van der Waals surface area contributed by atoms with Crippen molar-refractivity contribution >= 4 is 23.3 Å². The maximum atomic E-state index is 11.3. The van der Waals surface area contributed by atoms with Crippen molar-refractivity contribution in [1.29, 1.82) is 0 Å². The molecule has 0 atom stereocenters. The number of H-pyrrole nitrogens is 1. The Morgan fingerprint density at radius 3 is 3.00 bits per heavy atom. The molecule has 100 valence electrons. The zero-order valence-electron chi connectivity index (χ0n) is 10.7. The van der Waals surface area contributed by atoms with Crippen LogP contribution in [0.25, 0.3) is 0 Å². The molecule has 0 aliphatic carbocycles. The number of esters is 1. The second kappa shape index (κ2) is 5.75. The first-order valence-corrected chi connectivity index (χ1v) is 6.10. The summed E-state index contributed by atoms with van der Waals surface area (Å²) in [7, 11) is 1.35. The number of carbonyl (C=O) groups is 1. The van der Waals surface area contributed by atoms with Crippen LogP contribution in [0.2, 0.25) is 5.15 Å². The van der Waals surface area contributed by atoms with E-state index in [2.05, 4.69) is 20.0 Å². The van der Waals surface area contributed by atoms with Gasteiger partial charge in [-0.05, 0) is 30.7 Å². The number of carbonyl (C=O) groups excluding carboxylic acids is 1. The Bertz CT molecular complexity index is 595. The smallest absolute Gasteiger partial charge is 0.354 e. The highest BCUT2D eigenvalue weighted by atomic mass is 35.5. The van der Waals surface area contributed by atoms with Crippen LogP contribution >= 0.6 is 11.6 Å². The summed E-state index contributed by atoms with van der Waals surface area (Å²) in [4.78, 5) is 18.3. The van der Waals surface area contributed by atoms with Crippen molar-refractivity contribution in [1.82, 2.24) is 9.97 Å². The molecule has 2 rings (SSSR count). The second-order valence-electron chi connectivity index (χ2n) is 4.07. The molecule has 2 aromatic rings. The van der Waals surface area contributed by atoms with Gasteiger partial charge in [0.05, 0.1) is 25.5 Å². The van der Waals surface area contributed by atoms with Gasteiger partial charge in [-0.3, -0.25) is 0 Å². The molecular formula is C13H14ClN3O2. The molecule has 0 saturated heterocycles. The fourth-order valence-corrected chi connectivity index (χ4v) is 1.73. The summed E-state index contributed by atoms with van der Waals surface area (Å²) in [6.45, 7) is 2.45. The highest BCUT2D eigenvalue weighted by Gasteiger charge is 2.07. The number of ether oxygens (including phenoxy) is 1. The summed E-state index contributed by atoms with van der Waals surface area (Å²) < 4.78 is 4.63. The van der Waals surface area contributed by atoms with Gasteiger partial charge in [0.25, 0.3) is 0 Å². The van der Waals surface area contributed by atoms with Crippen molar-refractivity contribution in [2.45, 2.75) is 13.5 Å². The molecule has 2 N–H and O–H groups in total. The number of methoxy groups -OCH3 is 1. The number of anilines is 1. The Hall–Kier alpha value is -2.01. The van der Waals surface area contributed by atoms with Gasteiger partial charge in [-0.15, -0.1) is 0 Å². The van der Waals surface area contributed by atoms with Crippen LogP contribution in [0, 0.1) is 6.92 Å². The van der Waals surface area contributed by atoms with Crippen molar-refractivity contribution in [3.63, 3.8) is 0 Å². The van der Waals surface area contributed by atoms with Crippen molar-refractivity contribution in [2.75, 3.05) is 12.4 Å². The maximum absolute atomic E-state index is 11.3. The van der Waals surface area contributed by atoms with Crippen molar-refractivity contribution < 1.29 is 9.53 Å². The minimum absolute atomic E-state index is 0.379. The van der Waals surface area contributed by atoms with Gasteiger partial charge in [0.2, 0.25) is 0 Å². The fourth-order valence-electron chi connectivity index (χ4n) is 1.62. The van der Waals surface area contributed by atoms with E-state index >= 15 is 0 Å². The van der Waals surface area contributed by atoms with E-state index in [1.54, 1.807) is 12.3 Å². The normalized spacial score (nSPS) is 10.3. The minimum atomic E-state index is -0.379. The molecule has 2 heterocycles. The van der Waals surface area contributed by atoms with Gasteiger partial charge in [0.1, 0.15) is 10.8 Å². The minimum Gasteiger partial charge on any atom is -0.464 e. The van der Waals surface area contributed by atoms with Gasteiger partial charge in [0.15, 0.2) is 0 Å². The van der Waals surface area contributed by atoms with Crippen molar-refractivity contribution in [3.8, 4) is 0 Å². The Morgan fingerprint density at radius 2 is 2.32 bits per heavy atom. The first-order valence-electron chi connectivity index (χ1n) is 5.72. The molecular weight excluding hydrogens is 266 g/mol. The Morgan fingerprint density at radius 1 is 1.53 bits per heavy atom. The number of pyridine rings is 1. The lowest BCUT2D eigenvalue weighted by Gasteiger charge is -2.06. The van der Waals surface area contributed by atoms with E-state index in [1.807, 2.05) is 19.1 Å². The number of nitrogens with zero attached hydrogens (tertiary/aromatic N) is 1. The average Bonchev–Trinajstić information content (AvgIpc) is 2.88. The average molecular weight is 280 g/mol. The van der Waals surface area contributed by atoms with E-state index in [0.29, 0.717) is 17.4 Å². The number of hydrogen-bond acceptors (Lipinski definition) is 4. The van der Waals surface area contributed by atoms with Crippen molar-refractivity contribution in [2.24, 2.45) is 0 Å². The first kappa shape index (κ1) is 13.4. The van der Waals surface area contributed by atoms with Crippen LogP contribution in [0.5, 0.6) is 0 Å². The van der Waals surface area contributed by atoms with Crippen LogP contribution in [0.15, 0.2) is 24.4 Å². The number of halogens is 1. The number of aryl methyl sites for hydroxylation is 1. The predicted molar refractivity (Wildman–Crippen MR) is 73.4 cm³/mol. The third-order valence-electron chi connectivity index (χ3n) is 2.65. The van der Waals surface area contributed by atoms with Gasteiger partial charge < -0.3 is 15.0 Å². The lowest BCUT2D eigenvalue weighted by molar-refractivity contribution is 0.0594. The quantitative estimate of drug-likeness (QED) is 0.667. The molecule has 6 heteroatoms. The Labute approximate surface area is 116 Å². The number of aromatic amines is 1. The van der Waals surface area contributed by atoms with Crippen LogP contribution in [0.4, 0.5) is 5.69 Å². The van der Waals surface area contributed by atoms with Crippen LogP contribution in [-0.2, 0) is 11.3 Å². The van der Waals surface area contributed by atoms with Crippen LogP contribution in [-0.4, -0.2) is 23.0 Å². The summed E-state index contributed by atoms with van der Waals surface area (Å²) >= 11 is 5.86. The standard InChI is InChI=1S/C13H14ClN3O2/c1-8-5-10(7-16-12(8)14)15-6-9-3-4-11(17-9)13(18)19-2/h3-5,7,15,17H,6H2,1-2H3. The van der Waals surface area contributed by atoms with E-state index in [4.69, 9.17) is 11.6 Å². The molecule has 0 radical (unpaired) electrons.